The van der Waals surface area contributed by atoms with E-state index in [4.69, 9.17) is 9.47 Å². The lowest BCUT2D eigenvalue weighted by atomic mass is 10.2. The van der Waals surface area contributed by atoms with Crippen molar-refractivity contribution in [3.8, 4) is 5.88 Å². The summed E-state index contributed by atoms with van der Waals surface area (Å²) >= 11 is 0. The second-order valence-corrected chi connectivity index (χ2v) is 4.81. The van der Waals surface area contributed by atoms with Crippen molar-refractivity contribution < 1.29 is 14.3 Å². The van der Waals surface area contributed by atoms with Gasteiger partial charge in [-0.2, -0.15) is 0 Å². The van der Waals surface area contributed by atoms with Crippen molar-refractivity contribution in [2.75, 3.05) is 13.7 Å². The van der Waals surface area contributed by atoms with Gasteiger partial charge in [-0.25, -0.2) is 9.78 Å². The molecule has 23 heavy (non-hydrogen) atoms. The van der Waals surface area contributed by atoms with Gasteiger partial charge in [-0.3, -0.25) is 0 Å². The van der Waals surface area contributed by atoms with Gasteiger partial charge >= 0.3 is 6.09 Å². The zero-order valence-corrected chi connectivity index (χ0v) is 13.1. The Morgan fingerprint density at radius 1 is 1.22 bits per heavy atom. The van der Waals surface area contributed by atoms with Crippen LogP contribution < -0.4 is 10.1 Å². The van der Waals surface area contributed by atoms with E-state index >= 15 is 0 Å². The second kappa shape index (κ2) is 9.25. The van der Waals surface area contributed by atoms with Crippen LogP contribution in [0.15, 0.2) is 54.7 Å². The van der Waals surface area contributed by atoms with Crippen LogP contribution in [-0.2, 0) is 11.3 Å². The summed E-state index contributed by atoms with van der Waals surface area (Å²) in [6.45, 7) is 0.799. The molecule has 0 atom stereocenters. The molecule has 120 valence electrons. The summed E-state index contributed by atoms with van der Waals surface area (Å²) in [6.07, 6.45) is 5.96. The summed E-state index contributed by atoms with van der Waals surface area (Å²) in [4.78, 5) is 15.7. The lowest BCUT2D eigenvalue weighted by Gasteiger charge is -2.05. The summed E-state index contributed by atoms with van der Waals surface area (Å²) in [5, 5.41) is 2.71. The molecule has 5 heteroatoms. The van der Waals surface area contributed by atoms with E-state index in [0.29, 0.717) is 18.8 Å². The van der Waals surface area contributed by atoms with E-state index in [1.54, 1.807) is 19.4 Å². The standard InChI is InChI=1S/C18H20N2O3/c1-22-17-11-10-15(13-20-17)7-5-6-12-19-18(21)23-14-16-8-3-2-4-9-16/h2-5,7-11,13H,6,12,14H2,1H3,(H,19,21). The molecule has 5 nitrogen and oxygen atoms in total. The Hall–Kier alpha value is -2.82. The lowest BCUT2D eigenvalue weighted by Crippen LogP contribution is -2.24. The highest BCUT2D eigenvalue weighted by Crippen LogP contribution is 2.08. The van der Waals surface area contributed by atoms with Crippen LogP contribution >= 0.6 is 0 Å². The Labute approximate surface area is 136 Å². The number of nitrogens with one attached hydrogen (secondary N) is 1. The number of ether oxygens (including phenoxy) is 2. The lowest BCUT2D eigenvalue weighted by molar-refractivity contribution is 0.140. The van der Waals surface area contributed by atoms with Gasteiger partial charge in [0.1, 0.15) is 6.61 Å². The second-order valence-electron chi connectivity index (χ2n) is 4.81. The van der Waals surface area contributed by atoms with E-state index < -0.39 is 6.09 Å². The molecule has 0 aliphatic heterocycles. The van der Waals surface area contributed by atoms with Gasteiger partial charge in [0.05, 0.1) is 7.11 Å². The Balaban J connectivity index is 1.62. The Morgan fingerprint density at radius 3 is 2.74 bits per heavy atom. The number of rotatable bonds is 7. The summed E-state index contributed by atoms with van der Waals surface area (Å²) < 4.78 is 10.1. The molecular weight excluding hydrogens is 292 g/mol. The van der Waals surface area contributed by atoms with Gasteiger partial charge in [0.15, 0.2) is 0 Å². The van der Waals surface area contributed by atoms with E-state index in [2.05, 4.69) is 10.3 Å². The molecule has 0 spiro atoms. The van der Waals surface area contributed by atoms with Gasteiger partial charge in [0.2, 0.25) is 5.88 Å². The third-order valence-corrected chi connectivity index (χ3v) is 3.07. The maximum Gasteiger partial charge on any atom is 0.407 e. The van der Waals surface area contributed by atoms with Crippen LogP contribution in [0.25, 0.3) is 6.08 Å². The number of pyridine rings is 1. The molecule has 0 unspecified atom stereocenters. The number of amides is 1. The Bertz CT molecular complexity index is 624. The molecule has 0 aliphatic carbocycles. The van der Waals surface area contributed by atoms with Gasteiger partial charge in [0, 0.05) is 18.8 Å². The van der Waals surface area contributed by atoms with Crippen LogP contribution in [0.3, 0.4) is 0 Å². The fourth-order valence-corrected chi connectivity index (χ4v) is 1.86. The largest absolute Gasteiger partial charge is 0.481 e. The minimum Gasteiger partial charge on any atom is -0.481 e. The minimum atomic E-state index is -0.409. The molecule has 1 aromatic heterocycles. The molecule has 0 saturated heterocycles. The first kappa shape index (κ1) is 16.5. The van der Waals surface area contributed by atoms with Crippen molar-refractivity contribution in [1.29, 1.82) is 0 Å². The van der Waals surface area contributed by atoms with Crippen molar-refractivity contribution in [2.45, 2.75) is 13.0 Å². The number of benzene rings is 1. The number of carbonyl (C=O) groups excluding carboxylic acids is 1. The van der Waals surface area contributed by atoms with E-state index in [1.807, 2.05) is 48.6 Å². The van der Waals surface area contributed by atoms with Crippen LogP contribution in [-0.4, -0.2) is 24.7 Å². The number of aromatic nitrogens is 1. The van der Waals surface area contributed by atoms with Gasteiger partial charge in [-0.05, 0) is 23.6 Å². The maximum atomic E-state index is 11.5. The topological polar surface area (TPSA) is 60.5 Å². The van der Waals surface area contributed by atoms with Crippen LogP contribution in [0, 0.1) is 0 Å². The van der Waals surface area contributed by atoms with E-state index in [0.717, 1.165) is 11.1 Å². The average Bonchev–Trinajstić information content (AvgIpc) is 2.61. The predicted octanol–water partition coefficient (Wildman–Crippen LogP) is 3.42. The predicted molar refractivity (Wildman–Crippen MR) is 89.1 cm³/mol. The van der Waals surface area contributed by atoms with Gasteiger partial charge in [-0.1, -0.05) is 42.5 Å². The zero-order valence-electron chi connectivity index (χ0n) is 13.1. The van der Waals surface area contributed by atoms with Crippen molar-refractivity contribution >= 4 is 12.2 Å². The van der Waals surface area contributed by atoms with E-state index in [9.17, 15) is 4.79 Å². The third-order valence-electron chi connectivity index (χ3n) is 3.07. The van der Waals surface area contributed by atoms with Crippen LogP contribution in [0.4, 0.5) is 4.79 Å². The summed E-state index contributed by atoms with van der Waals surface area (Å²) in [5.41, 5.74) is 1.95. The number of methoxy groups -OCH3 is 1. The number of hydrogen-bond donors (Lipinski definition) is 1. The summed E-state index contributed by atoms with van der Waals surface area (Å²) in [6, 6.07) is 13.3. The first-order valence-electron chi connectivity index (χ1n) is 7.39. The SMILES string of the molecule is COc1ccc(C=CCCNC(=O)OCc2ccccc2)cn1. The number of hydrogen-bond acceptors (Lipinski definition) is 4. The van der Waals surface area contributed by atoms with Crippen LogP contribution in [0.2, 0.25) is 0 Å². The molecule has 0 aliphatic rings. The molecule has 2 aromatic rings. The zero-order chi connectivity index (χ0) is 16.3. The molecule has 0 fully saturated rings. The molecule has 1 aromatic carbocycles. The highest BCUT2D eigenvalue weighted by atomic mass is 16.5. The molecule has 0 bridgehead atoms. The maximum absolute atomic E-state index is 11.5. The first-order valence-corrected chi connectivity index (χ1v) is 7.39. The summed E-state index contributed by atoms with van der Waals surface area (Å²) in [7, 11) is 1.58. The molecule has 2 rings (SSSR count). The highest BCUT2D eigenvalue weighted by Gasteiger charge is 2.00. The van der Waals surface area contributed by atoms with Gasteiger partial charge in [-0.15, -0.1) is 0 Å². The highest BCUT2D eigenvalue weighted by molar-refractivity contribution is 5.67. The fourth-order valence-electron chi connectivity index (χ4n) is 1.86. The number of nitrogens with zero attached hydrogens (tertiary/aromatic N) is 1. The molecule has 0 radical (unpaired) electrons. The van der Waals surface area contributed by atoms with Gasteiger partial charge < -0.3 is 14.8 Å². The quantitative estimate of drug-likeness (QED) is 0.796. The smallest absolute Gasteiger partial charge is 0.407 e. The van der Waals surface area contributed by atoms with E-state index in [-0.39, 0.29) is 6.61 Å². The minimum absolute atomic E-state index is 0.278. The van der Waals surface area contributed by atoms with Crippen molar-refractivity contribution in [3.05, 3.63) is 65.9 Å². The number of alkyl carbamates (subject to hydrolysis) is 1. The summed E-state index contributed by atoms with van der Waals surface area (Å²) in [5.74, 6) is 0.588. The third kappa shape index (κ3) is 6.22. The molecule has 1 heterocycles. The van der Waals surface area contributed by atoms with Crippen molar-refractivity contribution in [3.63, 3.8) is 0 Å². The van der Waals surface area contributed by atoms with E-state index in [1.165, 1.54) is 0 Å². The average molecular weight is 312 g/mol. The van der Waals surface area contributed by atoms with Crippen LogP contribution in [0.5, 0.6) is 5.88 Å². The Kier molecular flexibility index (Phi) is 6.65. The van der Waals surface area contributed by atoms with Gasteiger partial charge in [0.25, 0.3) is 0 Å². The van der Waals surface area contributed by atoms with Crippen molar-refractivity contribution in [1.82, 2.24) is 10.3 Å². The number of carbonyl (C=O) groups is 1. The monoisotopic (exact) mass is 312 g/mol. The molecule has 1 N–H and O–H groups in total. The normalized spacial score (nSPS) is 10.5. The Morgan fingerprint density at radius 2 is 2.04 bits per heavy atom. The van der Waals surface area contributed by atoms with Crippen molar-refractivity contribution in [2.24, 2.45) is 0 Å². The molecule has 0 saturated carbocycles. The molecular formula is C18H20N2O3. The van der Waals surface area contributed by atoms with Crippen LogP contribution in [0.1, 0.15) is 17.5 Å². The first-order chi connectivity index (χ1) is 11.3. The molecule has 1 amide bonds. The fraction of sp³-hybridized carbons (Fsp3) is 0.222.